The lowest BCUT2D eigenvalue weighted by Crippen LogP contribution is -2.27. The molecule has 3 heteroatoms. The van der Waals surface area contributed by atoms with Crippen LogP contribution in [-0.4, -0.2) is 13.0 Å². The van der Waals surface area contributed by atoms with Crippen LogP contribution < -0.4 is 10.1 Å². The lowest BCUT2D eigenvalue weighted by molar-refractivity contribution is 0.0939. The zero-order chi connectivity index (χ0) is 14.5. The number of rotatable bonds is 4. The summed E-state index contributed by atoms with van der Waals surface area (Å²) in [7, 11) is 1.59. The smallest absolute Gasteiger partial charge is 0.251 e. The maximum atomic E-state index is 12.2. The molecule has 0 saturated heterocycles. The molecule has 1 unspecified atom stereocenters. The average Bonchev–Trinajstić information content (AvgIpc) is 2.47. The lowest BCUT2D eigenvalue weighted by Gasteiger charge is -2.16. The van der Waals surface area contributed by atoms with E-state index in [4.69, 9.17) is 4.74 Å². The van der Waals surface area contributed by atoms with E-state index >= 15 is 0 Å². The van der Waals surface area contributed by atoms with Crippen LogP contribution in [0, 0.1) is 6.92 Å². The second-order valence-corrected chi connectivity index (χ2v) is 4.78. The molecule has 1 amide bonds. The van der Waals surface area contributed by atoms with Gasteiger partial charge in [0.25, 0.3) is 5.91 Å². The quantitative estimate of drug-likeness (QED) is 0.922. The van der Waals surface area contributed by atoms with Crippen LogP contribution in [0.1, 0.15) is 34.5 Å². The van der Waals surface area contributed by atoms with E-state index in [9.17, 15) is 4.79 Å². The first-order valence-electron chi connectivity index (χ1n) is 6.62. The van der Waals surface area contributed by atoms with Gasteiger partial charge in [-0.25, -0.2) is 0 Å². The number of carbonyl (C=O) groups excluding carboxylic acids is 1. The minimum absolute atomic E-state index is 0.0325. The van der Waals surface area contributed by atoms with Gasteiger partial charge in [-0.2, -0.15) is 0 Å². The number of nitrogens with one attached hydrogen (secondary N) is 1. The number of aryl methyl sites for hydroxylation is 1. The van der Waals surface area contributed by atoms with Crippen LogP contribution in [0.5, 0.6) is 5.75 Å². The Bertz CT molecular complexity index is 607. The van der Waals surface area contributed by atoms with Crippen molar-refractivity contribution in [2.24, 2.45) is 0 Å². The Morgan fingerprint density at radius 1 is 1.15 bits per heavy atom. The van der Waals surface area contributed by atoms with Crippen molar-refractivity contribution in [1.82, 2.24) is 5.32 Å². The minimum Gasteiger partial charge on any atom is -0.497 e. The first-order chi connectivity index (χ1) is 9.61. The molecule has 104 valence electrons. The van der Waals surface area contributed by atoms with E-state index in [1.54, 1.807) is 19.2 Å². The summed E-state index contributed by atoms with van der Waals surface area (Å²) in [6, 6.07) is 15.2. The van der Waals surface area contributed by atoms with E-state index in [0.29, 0.717) is 11.3 Å². The summed E-state index contributed by atoms with van der Waals surface area (Å²) < 4.78 is 5.13. The number of carbonyl (C=O) groups is 1. The van der Waals surface area contributed by atoms with Crippen molar-refractivity contribution in [3.63, 3.8) is 0 Å². The Morgan fingerprint density at radius 2 is 1.90 bits per heavy atom. The third-order valence-electron chi connectivity index (χ3n) is 3.33. The lowest BCUT2D eigenvalue weighted by atomic mass is 10.0. The van der Waals surface area contributed by atoms with Gasteiger partial charge in [0.1, 0.15) is 5.75 Å². The number of hydrogen-bond acceptors (Lipinski definition) is 2. The van der Waals surface area contributed by atoms with Crippen molar-refractivity contribution in [1.29, 1.82) is 0 Å². The number of hydrogen-bond donors (Lipinski definition) is 1. The predicted molar refractivity (Wildman–Crippen MR) is 80.1 cm³/mol. The number of amides is 1. The van der Waals surface area contributed by atoms with Crippen LogP contribution in [0.3, 0.4) is 0 Å². The van der Waals surface area contributed by atoms with E-state index < -0.39 is 0 Å². The van der Waals surface area contributed by atoms with Gasteiger partial charge in [-0.05, 0) is 43.2 Å². The third kappa shape index (κ3) is 3.18. The van der Waals surface area contributed by atoms with Crippen molar-refractivity contribution >= 4 is 5.91 Å². The van der Waals surface area contributed by atoms with Gasteiger partial charge in [-0.3, -0.25) is 4.79 Å². The summed E-state index contributed by atoms with van der Waals surface area (Å²) in [5.41, 5.74) is 2.90. The summed E-state index contributed by atoms with van der Waals surface area (Å²) >= 11 is 0. The fraction of sp³-hybridized carbons (Fsp3) is 0.235. The first kappa shape index (κ1) is 14.1. The number of benzene rings is 2. The molecule has 0 bridgehead atoms. The van der Waals surface area contributed by atoms with Gasteiger partial charge in [0, 0.05) is 5.56 Å². The molecule has 0 spiro atoms. The van der Waals surface area contributed by atoms with Gasteiger partial charge in [-0.15, -0.1) is 0 Å². The van der Waals surface area contributed by atoms with Crippen LogP contribution in [0.4, 0.5) is 0 Å². The molecule has 2 aromatic carbocycles. The highest BCUT2D eigenvalue weighted by molar-refractivity contribution is 5.94. The highest BCUT2D eigenvalue weighted by atomic mass is 16.5. The highest BCUT2D eigenvalue weighted by Gasteiger charge is 2.13. The molecule has 2 rings (SSSR count). The van der Waals surface area contributed by atoms with E-state index in [2.05, 4.69) is 5.32 Å². The van der Waals surface area contributed by atoms with Crippen molar-refractivity contribution in [2.45, 2.75) is 19.9 Å². The fourth-order valence-electron chi connectivity index (χ4n) is 2.19. The zero-order valence-corrected chi connectivity index (χ0v) is 12.0. The molecule has 2 aromatic rings. The highest BCUT2D eigenvalue weighted by Crippen LogP contribution is 2.18. The van der Waals surface area contributed by atoms with Crippen molar-refractivity contribution in [2.75, 3.05) is 7.11 Å². The molecule has 0 aliphatic heterocycles. The SMILES string of the molecule is COc1cccc(C(=O)NC(C)c2ccccc2C)c1. The normalized spacial score (nSPS) is 11.8. The topological polar surface area (TPSA) is 38.3 Å². The summed E-state index contributed by atoms with van der Waals surface area (Å²) in [6.45, 7) is 4.03. The van der Waals surface area contributed by atoms with E-state index in [1.165, 1.54) is 5.56 Å². The molecule has 0 heterocycles. The van der Waals surface area contributed by atoms with Gasteiger partial charge in [0.2, 0.25) is 0 Å². The molecule has 1 atom stereocenters. The fourth-order valence-corrected chi connectivity index (χ4v) is 2.19. The van der Waals surface area contributed by atoms with Crippen LogP contribution >= 0.6 is 0 Å². The summed E-state index contributed by atoms with van der Waals surface area (Å²) in [5.74, 6) is 0.584. The van der Waals surface area contributed by atoms with E-state index in [-0.39, 0.29) is 11.9 Å². The van der Waals surface area contributed by atoms with Crippen molar-refractivity contribution in [3.05, 3.63) is 65.2 Å². The first-order valence-corrected chi connectivity index (χ1v) is 6.62. The monoisotopic (exact) mass is 269 g/mol. The molecule has 0 aliphatic carbocycles. The molecular formula is C17H19NO2. The Morgan fingerprint density at radius 3 is 2.60 bits per heavy atom. The standard InChI is InChI=1S/C17H19NO2/c1-12-7-4-5-10-16(12)13(2)18-17(19)14-8-6-9-15(11-14)20-3/h4-11,13H,1-3H3,(H,18,19). The van der Waals surface area contributed by atoms with Gasteiger partial charge in [0.05, 0.1) is 13.2 Å². The molecule has 0 saturated carbocycles. The summed E-state index contributed by atoms with van der Waals surface area (Å²) in [6.07, 6.45) is 0. The summed E-state index contributed by atoms with van der Waals surface area (Å²) in [4.78, 5) is 12.2. The molecule has 0 radical (unpaired) electrons. The Hall–Kier alpha value is -2.29. The predicted octanol–water partition coefficient (Wildman–Crippen LogP) is 3.49. The average molecular weight is 269 g/mol. The minimum atomic E-state index is -0.0975. The Labute approximate surface area is 119 Å². The van der Waals surface area contributed by atoms with Gasteiger partial charge in [0.15, 0.2) is 0 Å². The maximum Gasteiger partial charge on any atom is 0.251 e. The Balaban J connectivity index is 2.13. The molecular weight excluding hydrogens is 250 g/mol. The maximum absolute atomic E-state index is 12.2. The second kappa shape index (κ2) is 6.24. The summed E-state index contributed by atoms with van der Waals surface area (Å²) in [5, 5.41) is 3.01. The third-order valence-corrected chi connectivity index (χ3v) is 3.33. The van der Waals surface area contributed by atoms with Crippen LogP contribution in [0.15, 0.2) is 48.5 Å². The van der Waals surface area contributed by atoms with Gasteiger partial charge < -0.3 is 10.1 Å². The number of methoxy groups -OCH3 is 1. The van der Waals surface area contributed by atoms with Crippen LogP contribution in [0.25, 0.3) is 0 Å². The molecule has 0 aromatic heterocycles. The van der Waals surface area contributed by atoms with Gasteiger partial charge in [-0.1, -0.05) is 30.3 Å². The van der Waals surface area contributed by atoms with Crippen molar-refractivity contribution < 1.29 is 9.53 Å². The van der Waals surface area contributed by atoms with Crippen LogP contribution in [-0.2, 0) is 0 Å². The molecule has 3 nitrogen and oxygen atoms in total. The van der Waals surface area contributed by atoms with Crippen molar-refractivity contribution in [3.8, 4) is 5.75 Å². The van der Waals surface area contributed by atoms with E-state index in [1.807, 2.05) is 50.2 Å². The second-order valence-electron chi connectivity index (χ2n) is 4.78. The zero-order valence-electron chi connectivity index (χ0n) is 12.0. The largest absolute Gasteiger partial charge is 0.497 e. The van der Waals surface area contributed by atoms with Crippen LogP contribution in [0.2, 0.25) is 0 Å². The Kier molecular flexibility index (Phi) is 4.41. The molecule has 1 N–H and O–H groups in total. The molecule has 20 heavy (non-hydrogen) atoms. The molecule has 0 aliphatic rings. The number of ether oxygens (including phenoxy) is 1. The van der Waals surface area contributed by atoms with Gasteiger partial charge >= 0.3 is 0 Å². The van der Waals surface area contributed by atoms with E-state index in [0.717, 1.165) is 5.56 Å². The molecule has 0 fully saturated rings.